The Morgan fingerprint density at radius 2 is 1.90 bits per heavy atom. The predicted molar refractivity (Wildman–Crippen MR) is 116 cm³/mol. The number of nitrogens with zero attached hydrogens (tertiary/aromatic N) is 4. The topological polar surface area (TPSA) is 74.8 Å². The van der Waals surface area contributed by atoms with Crippen molar-refractivity contribution in [2.45, 2.75) is 13.8 Å². The van der Waals surface area contributed by atoms with Crippen LogP contribution in [0.4, 0.5) is 5.69 Å². The van der Waals surface area contributed by atoms with E-state index in [-0.39, 0.29) is 5.91 Å². The van der Waals surface area contributed by atoms with Crippen molar-refractivity contribution in [1.29, 1.82) is 0 Å². The number of fused-ring (bicyclic) bond motifs is 1. The number of rotatable bonds is 4. The van der Waals surface area contributed by atoms with Crippen LogP contribution in [-0.2, 0) is 4.79 Å². The SMILES string of the molecule is C/C=C/C(=O)N(C)c1cncc(-c2cnc3[nH]cc(-c4ccnc(C)c4)c3c2)c1. The van der Waals surface area contributed by atoms with E-state index in [1.54, 1.807) is 30.4 Å². The lowest BCUT2D eigenvalue weighted by molar-refractivity contribution is -0.113. The van der Waals surface area contributed by atoms with Gasteiger partial charge in [0.15, 0.2) is 0 Å². The third-order valence-electron chi connectivity index (χ3n) is 4.82. The lowest BCUT2D eigenvalue weighted by Crippen LogP contribution is -2.24. The molecule has 29 heavy (non-hydrogen) atoms. The first-order valence-corrected chi connectivity index (χ1v) is 9.33. The molecule has 4 heterocycles. The first-order chi connectivity index (χ1) is 14.1. The van der Waals surface area contributed by atoms with Gasteiger partial charge in [-0.25, -0.2) is 4.98 Å². The highest BCUT2D eigenvalue weighted by Crippen LogP contribution is 2.31. The van der Waals surface area contributed by atoms with Crippen molar-refractivity contribution in [3.8, 4) is 22.3 Å². The third-order valence-corrected chi connectivity index (χ3v) is 4.82. The minimum Gasteiger partial charge on any atom is -0.346 e. The number of pyridine rings is 3. The van der Waals surface area contributed by atoms with Gasteiger partial charge in [0.05, 0.1) is 11.9 Å². The van der Waals surface area contributed by atoms with Gasteiger partial charge in [-0.05, 0) is 49.8 Å². The molecular weight excluding hydrogens is 362 g/mol. The van der Waals surface area contributed by atoms with Gasteiger partial charge in [-0.15, -0.1) is 0 Å². The molecular formula is C23H21N5O. The molecule has 0 radical (unpaired) electrons. The van der Waals surface area contributed by atoms with Crippen LogP contribution in [0.25, 0.3) is 33.3 Å². The summed E-state index contributed by atoms with van der Waals surface area (Å²) >= 11 is 0. The first-order valence-electron chi connectivity index (χ1n) is 9.33. The summed E-state index contributed by atoms with van der Waals surface area (Å²) in [6.45, 7) is 3.80. The van der Waals surface area contributed by atoms with Gasteiger partial charge >= 0.3 is 0 Å². The molecule has 6 nitrogen and oxygen atoms in total. The maximum atomic E-state index is 12.2. The van der Waals surface area contributed by atoms with Crippen molar-refractivity contribution in [2.24, 2.45) is 0 Å². The van der Waals surface area contributed by atoms with Crippen LogP contribution < -0.4 is 4.90 Å². The van der Waals surface area contributed by atoms with E-state index in [0.717, 1.165) is 44.7 Å². The number of allylic oxidation sites excluding steroid dienone is 1. The molecule has 0 spiro atoms. The van der Waals surface area contributed by atoms with E-state index < -0.39 is 0 Å². The van der Waals surface area contributed by atoms with E-state index in [1.165, 1.54) is 6.08 Å². The highest BCUT2D eigenvalue weighted by atomic mass is 16.2. The van der Waals surface area contributed by atoms with Crippen LogP contribution in [0.1, 0.15) is 12.6 Å². The summed E-state index contributed by atoms with van der Waals surface area (Å²) in [6.07, 6.45) is 12.3. The lowest BCUT2D eigenvalue weighted by atomic mass is 10.0. The summed E-state index contributed by atoms with van der Waals surface area (Å²) in [5.74, 6) is -0.0963. The Morgan fingerprint density at radius 3 is 2.69 bits per heavy atom. The van der Waals surface area contributed by atoms with Gasteiger partial charge in [-0.1, -0.05) is 6.08 Å². The number of likely N-dealkylation sites (N-methyl/N-ethyl adjacent to an activating group) is 1. The van der Waals surface area contributed by atoms with E-state index in [4.69, 9.17) is 0 Å². The smallest absolute Gasteiger partial charge is 0.250 e. The molecule has 0 bridgehead atoms. The molecule has 6 heteroatoms. The molecule has 0 unspecified atom stereocenters. The number of aromatic nitrogens is 4. The van der Waals surface area contributed by atoms with Crippen molar-refractivity contribution in [3.63, 3.8) is 0 Å². The van der Waals surface area contributed by atoms with Crippen molar-refractivity contribution in [3.05, 3.63) is 73.1 Å². The highest BCUT2D eigenvalue weighted by Gasteiger charge is 2.12. The maximum absolute atomic E-state index is 12.2. The Balaban J connectivity index is 1.76. The Hall–Kier alpha value is -3.80. The molecule has 1 N–H and O–H groups in total. The Bertz CT molecular complexity index is 1220. The monoisotopic (exact) mass is 383 g/mol. The molecule has 0 aliphatic heterocycles. The van der Waals surface area contributed by atoms with E-state index >= 15 is 0 Å². The number of amides is 1. The van der Waals surface area contributed by atoms with Crippen molar-refractivity contribution < 1.29 is 4.79 Å². The predicted octanol–water partition coefficient (Wildman–Crippen LogP) is 4.53. The van der Waals surface area contributed by atoms with Gasteiger partial charge < -0.3 is 9.88 Å². The minimum atomic E-state index is -0.0963. The average Bonchev–Trinajstić information content (AvgIpc) is 3.17. The van der Waals surface area contributed by atoms with Crippen molar-refractivity contribution in [2.75, 3.05) is 11.9 Å². The zero-order chi connectivity index (χ0) is 20.4. The summed E-state index contributed by atoms with van der Waals surface area (Å²) < 4.78 is 0. The fourth-order valence-electron chi connectivity index (χ4n) is 3.26. The number of H-pyrrole nitrogens is 1. The quantitative estimate of drug-likeness (QED) is 0.525. The van der Waals surface area contributed by atoms with Gasteiger partial charge in [0, 0.05) is 59.6 Å². The van der Waals surface area contributed by atoms with Crippen LogP contribution in [0.3, 0.4) is 0 Å². The summed E-state index contributed by atoms with van der Waals surface area (Å²) in [7, 11) is 1.74. The zero-order valence-electron chi connectivity index (χ0n) is 16.5. The van der Waals surface area contributed by atoms with Gasteiger partial charge in [-0.3, -0.25) is 14.8 Å². The highest BCUT2D eigenvalue weighted by molar-refractivity contribution is 6.01. The Labute approximate surface area is 169 Å². The fraction of sp³-hybridized carbons (Fsp3) is 0.130. The number of aromatic amines is 1. The molecule has 4 rings (SSSR count). The van der Waals surface area contributed by atoms with Gasteiger partial charge in [0.25, 0.3) is 0 Å². The van der Waals surface area contributed by atoms with Crippen molar-refractivity contribution >= 4 is 22.6 Å². The molecule has 0 aliphatic carbocycles. The molecule has 0 aromatic carbocycles. The number of hydrogen-bond acceptors (Lipinski definition) is 4. The van der Waals surface area contributed by atoms with E-state index in [2.05, 4.69) is 32.1 Å². The number of hydrogen-bond donors (Lipinski definition) is 1. The van der Waals surface area contributed by atoms with Gasteiger partial charge in [0.1, 0.15) is 5.65 Å². The second-order valence-electron chi connectivity index (χ2n) is 6.84. The van der Waals surface area contributed by atoms with Gasteiger partial charge in [0.2, 0.25) is 5.91 Å². The second kappa shape index (κ2) is 7.67. The molecule has 4 aromatic heterocycles. The number of carbonyl (C=O) groups excluding carboxylic acids is 1. The first kappa shape index (κ1) is 18.6. The van der Waals surface area contributed by atoms with Crippen LogP contribution >= 0.6 is 0 Å². The standard InChI is InChI=1S/C23H21N5O/c1-4-5-22(29)28(3)19-9-17(11-24-13-19)18-10-20-21(14-27-23(20)26-12-18)16-6-7-25-15(2)8-16/h4-14H,1-3H3,(H,26,27)/b5-4+. The van der Waals surface area contributed by atoms with Crippen molar-refractivity contribution in [1.82, 2.24) is 19.9 Å². The maximum Gasteiger partial charge on any atom is 0.250 e. The lowest BCUT2D eigenvalue weighted by Gasteiger charge is -2.15. The molecule has 0 aliphatic rings. The largest absolute Gasteiger partial charge is 0.346 e. The van der Waals surface area contributed by atoms with E-state index in [1.807, 2.05) is 44.6 Å². The molecule has 4 aromatic rings. The molecule has 0 fully saturated rings. The summed E-state index contributed by atoms with van der Waals surface area (Å²) in [6, 6.07) is 8.09. The average molecular weight is 383 g/mol. The molecule has 0 saturated heterocycles. The summed E-state index contributed by atoms with van der Waals surface area (Å²) in [5, 5.41) is 1.02. The number of nitrogens with one attached hydrogen (secondary N) is 1. The number of aryl methyl sites for hydroxylation is 1. The Morgan fingerprint density at radius 1 is 1.07 bits per heavy atom. The van der Waals surface area contributed by atoms with Crippen LogP contribution in [0.15, 0.2) is 67.4 Å². The number of carbonyl (C=O) groups is 1. The fourth-order valence-corrected chi connectivity index (χ4v) is 3.26. The Kier molecular flexibility index (Phi) is 4.91. The summed E-state index contributed by atoms with van der Waals surface area (Å²) in [5.41, 5.74) is 6.51. The van der Waals surface area contributed by atoms with Crippen LogP contribution in [0, 0.1) is 6.92 Å². The van der Waals surface area contributed by atoms with E-state index in [0.29, 0.717) is 0 Å². The molecule has 0 saturated carbocycles. The molecule has 144 valence electrons. The van der Waals surface area contributed by atoms with Crippen LogP contribution in [-0.4, -0.2) is 32.9 Å². The van der Waals surface area contributed by atoms with Crippen LogP contribution in [0.5, 0.6) is 0 Å². The summed E-state index contributed by atoms with van der Waals surface area (Å²) in [4.78, 5) is 30.1. The minimum absolute atomic E-state index is 0.0963. The number of anilines is 1. The normalized spacial score (nSPS) is 11.3. The zero-order valence-corrected chi connectivity index (χ0v) is 16.5. The van der Waals surface area contributed by atoms with Gasteiger partial charge in [-0.2, -0.15) is 0 Å². The molecule has 0 atom stereocenters. The second-order valence-corrected chi connectivity index (χ2v) is 6.84. The van der Waals surface area contributed by atoms with E-state index in [9.17, 15) is 4.79 Å². The molecule has 1 amide bonds. The van der Waals surface area contributed by atoms with Crippen LogP contribution in [0.2, 0.25) is 0 Å². The third kappa shape index (κ3) is 3.65.